The summed E-state index contributed by atoms with van der Waals surface area (Å²) in [5.41, 5.74) is 0. The first-order chi connectivity index (χ1) is 4.18. The predicted octanol–water partition coefficient (Wildman–Crippen LogP) is 1.46. The summed E-state index contributed by atoms with van der Waals surface area (Å²) in [4.78, 5) is 10.3. The molecule has 0 spiro atoms. The fraction of sp³-hybridized carbons (Fsp3) is 0.833. The van der Waals surface area contributed by atoms with Gasteiger partial charge in [-0.2, -0.15) is 0 Å². The molecule has 9 heavy (non-hydrogen) atoms. The molecule has 0 saturated carbocycles. The van der Waals surface area contributed by atoms with E-state index in [0.29, 0.717) is 6.42 Å². The maximum atomic E-state index is 10.3. The molecular formula is C6H11BrO2. The molecule has 1 atom stereocenters. The smallest absolute Gasteiger partial charge is 0.226 e. The van der Waals surface area contributed by atoms with E-state index in [1.165, 1.54) is 0 Å². The van der Waals surface area contributed by atoms with E-state index in [9.17, 15) is 4.79 Å². The van der Waals surface area contributed by atoms with Crippen LogP contribution in [0.25, 0.3) is 0 Å². The Bertz CT molecular complexity index is 93.1. The molecule has 0 amide bonds. The monoisotopic (exact) mass is 194 g/mol. The minimum atomic E-state index is -0.801. The van der Waals surface area contributed by atoms with Crippen LogP contribution in [0.2, 0.25) is 0 Å². The van der Waals surface area contributed by atoms with Gasteiger partial charge in [0.2, 0.25) is 4.69 Å². The number of halogens is 1. The topological polar surface area (TPSA) is 37.3 Å². The number of unbranched alkanes of at least 4 members (excludes halogenated alkanes) is 1. The Hall–Kier alpha value is 0.110. The van der Waals surface area contributed by atoms with Gasteiger partial charge in [-0.05, 0) is 22.4 Å². The van der Waals surface area contributed by atoms with Crippen LogP contribution < -0.4 is 0 Å². The zero-order valence-corrected chi connectivity index (χ0v) is 7.02. The lowest BCUT2D eigenvalue weighted by Gasteiger charge is -2.01. The van der Waals surface area contributed by atoms with Gasteiger partial charge in [0.1, 0.15) is 6.10 Å². The van der Waals surface area contributed by atoms with Gasteiger partial charge < -0.3 is 5.11 Å². The third-order valence-corrected chi connectivity index (χ3v) is 1.62. The number of rotatable bonds is 4. The molecule has 1 unspecified atom stereocenters. The minimum Gasteiger partial charge on any atom is -0.384 e. The van der Waals surface area contributed by atoms with E-state index in [1.54, 1.807) is 0 Å². The average molecular weight is 195 g/mol. The molecule has 0 fully saturated rings. The van der Waals surface area contributed by atoms with Gasteiger partial charge in [0.05, 0.1) is 0 Å². The third-order valence-electron chi connectivity index (χ3n) is 1.09. The summed E-state index contributed by atoms with van der Waals surface area (Å²) < 4.78 is -0.309. The van der Waals surface area contributed by atoms with Gasteiger partial charge in [-0.3, -0.25) is 4.79 Å². The van der Waals surface area contributed by atoms with Crippen molar-refractivity contribution in [2.24, 2.45) is 0 Å². The molecule has 0 aliphatic heterocycles. The highest BCUT2D eigenvalue weighted by atomic mass is 79.9. The zero-order valence-electron chi connectivity index (χ0n) is 5.43. The molecule has 54 valence electrons. The van der Waals surface area contributed by atoms with Gasteiger partial charge in [0.15, 0.2) is 0 Å². The SMILES string of the molecule is CCCCC(O)C(=O)Br. The first kappa shape index (κ1) is 9.11. The average Bonchev–Trinajstić information content (AvgIpc) is 1.82. The number of carbonyl (C=O) groups excluding carboxylic acids is 1. The van der Waals surface area contributed by atoms with Crippen molar-refractivity contribution in [1.82, 2.24) is 0 Å². The van der Waals surface area contributed by atoms with Crippen LogP contribution in [0.4, 0.5) is 0 Å². The molecule has 0 aromatic rings. The van der Waals surface area contributed by atoms with E-state index < -0.39 is 6.10 Å². The van der Waals surface area contributed by atoms with Gasteiger partial charge in [-0.15, -0.1) is 0 Å². The lowest BCUT2D eigenvalue weighted by atomic mass is 10.2. The van der Waals surface area contributed by atoms with Crippen molar-refractivity contribution in [3.63, 3.8) is 0 Å². The molecule has 2 nitrogen and oxygen atoms in total. The highest BCUT2D eigenvalue weighted by Crippen LogP contribution is 2.03. The van der Waals surface area contributed by atoms with Crippen LogP contribution in [-0.2, 0) is 4.79 Å². The van der Waals surface area contributed by atoms with Gasteiger partial charge in [0.25, 0.3) is 0 Å². The highest BCUT2D eigenvalue weighted by molar-refractivity contribution is 9.18. The third kappa shape index (κ3) is 4.60. The molecule has 0 heterocycles. The second-order valence-corrected chi connectivity index (χ2v) is 2.74. The van der Waals surface area contributed by atoms with Crippen molar-refractivity contribution in [1.29, 1.82) is 0 Å². The molecule has 1 N–H and O–H groups in total. The largest absolute Gasteiger partial charge is 0.384 e. The van der Waals surface area contributed by atoms with Crippen molar-refractivity contribution in [3.05, 3.63) is 0 Å². The molecule has 0 aromatic heterocycles. The Kier molecular flexibility index (Phi) is 5.00. The summed E-state index contributed by atoms with van der Waals surface area (Å²) >= 11 is 2.68. The van der Waals surface area contributed by atoms with Crippen LogP contribution in [-0.4, -0.2) is 15.9 Å². The predicted molar refractivity (Wildman–Crippen MR) is 39.5 cm³/mol. The maximum Gasteiger partial charge on any atom is 0.226 e. The Balaban J connectivity index is 3.27. The molecule has 0 aliphatic rings. The van der Waals surface area contributed by atoms with E-state index in [-0.39, 0.29) is 4.69 Å². The molecular weight excluding hydrogens is 184 g/mol. The molecule has 0 bridgehead atoms. The van der Waals surface area contributed by atoms with E-state index in [1.807, 2.05) is 6.92 Å². The molecule has 3 heteroatoms. The van der Waals surface area contributed by atoms with Crippen LogP contribution >= 0.6 is 15.9 Å². The Morgan fingerprint density at radius 1 is 1.78 bits per heavy atom. The minimum absolute atomic E-state index is 0.309. The van der Waals surface area contributed by atoms with E-state index in [4.69, 9.17) is 5.11 Å². The zero-order chi connectivity index (χ0) is 7.28. The molecule has 0 radical (unpaired) electrons. The van der Waals surface area contributed by atoms with Crippen LogP contribution in [0, 0.1) is 0 Å². The standard InChI is InChI=1S/C6H11BrO2/c1-2-3-4-5(8)6(7)9/h5,8H,2-4H2,1H3. The normalized spacial score (nSPS) is 13.2. The lowest BCUT2D eigenvalue weighted by molar-refractivity contribution is -0.117. The summed E-state index contributed by atoms with van der Waals surface area (Å²) in [5, 5.41) is 8.86. The summed E-state index contributed by atoms with van der Waals surface area (Å²) in [5.74, 6) is 0. The number of hydrogen-bond donors (Lipinski definition) is 1. The van der Waals surface area contributed by atoms with Gasteiger partial charge in [-0.25, -0.2) is 0 Å². The van der Waals surface area contributed by atoms with Crippen LogP contribution in [0.1, 0.15) is 26.2 Å². The van der Waals surface area contributed by atoms with E-state index >= 15 is 0 Å². The number of aliphatic hydroxyl groups is 1. The first-order valence-corrected chi connectivity index (χ1v) is 3.85. The molecule has 0 aromatic carbocycles. The van der Waals surface area contributed by atoms with Crippen LogP contribution in [0.5, 0.6) is 0 Å². The van der Waals surface area contributed by atoms with E-state index in [0.717, 1.165) is 12.8 Å². The fourth-order valence-corrected chi connectivity index (χ4v) is 0.740. The van der Waals surface area contributed by atoms with Gasteiger partial charge in [0, 0.05) is 0 Å². The molecule has 0 rings (SSSR count). The summed E-state index contributed by atoms with van der Waals surface area (Å²) in [6.07, 6.45) is 1.68. The van der Waals surface area contributed by atoms with Crippen LogP contribution in [0.3, 0.4) is 0 Å². The Morgan fingerprint density at radius 2 is 2.33 bits per heavy atom. The van der Waals surface area contributed by atoms with Gasteiger partial charge in [-0.1, -0.05) is 19.8 Å². The number of carbonyl (C=O) groups is 1. The summed E-state index contributed by atoms with van der Waals surface area (Å²) in [7, 11) is 0. The molecule has 0 saturated heterocycles. The number of hydrogen-bond acceptors (Lipinski definition) is 2. The van der Waals surface area contributed by atoms with Crippen molar-refractivity contribution in [3.8, 4) is 0 Å². The van der Waals surface area contributed by atoms with Crippen molar-refractivity contribution in [2.45, 2.75) is 32.3 Å². The first-order valence-electron chi connectivity index (χ1n) is 3.06. The lowest BCUT2D eigenvalue weighted by Crippen LogP contribution is -2.13. The van der Waals surface area contributed by atoms with Crippen molar-refractivity contribution >= 4 is 20.6 Å². The highest BCUT2D eigenvalue weighted by Gasteiger charge is 2.08. The quantitative estimate of drug-likeness (QED) is 0.689. The van der Waals surface area contributed by atoms with Crippen LogP contribution in [0.15, 0.2) is 0 Å². The summed E-state index contributed by atoms with van der Waals surface area (Å²) in [6, 6.07) is 0. The second-order valence-electron chi connectivity index (χ2n) is 1.96. The second kappa shape index (κ2) is 4.94. The van der Waals surface area contributed by atoms with Crippen molar-refractivity contribution < 1.29 is 9.90 Å². The Morgan fingerprint density at radius 3 is 2.67 bits per heavy atom. The van der Waals surface area contributed by atoms with Gasteiger partial charge >= 0.3 is 0 Å². The van der Waals surface area contributed by atoms with Crippen molar-refractivity contribution in [2.75, 3.05) is 0 Å². The maximum absolute atomic E-state index is 10.3. The number of aliphatic hydroxyl groups excluding tert-OH is 1. The molecule has 0 aliphatic carbocycles. The fourth-order valence-electron chi connectivity index (χ4n) is 0.511. The Labute approximate surface area is 63.4 Å². The van der Waals surface area contributed by atoms with E-state index in [2.05, 4.69) is 15.9 Å². The summed E-state index contributed by atoms with van der Waals surface area (Å²) in [6.45, 7) is 2.02.